The van der Waals surface area contributed by atoms with Crippen LogP contribution in [0, 0.1) is 5.82 Å². The first kappa shape index (κ1) is 23.0. The maximum Gasteiger partial charge on any atom is 0.241 e. The predicted octanol–water partition coefficient (Wildman–Crippen LogP) is 2.36. The summed E-state index contributed by atoms with van der Waals surface area (Å²) < 4.78 is 14.2. The van der Waals surface area contributed by atoms with Crippen LogP contribution in [0.5, 0.6) is 0 Å². The second-order valence-corrected chi connectivity index (χ2v) is 9.10. The number of carbonyl (C=O) groups is 3. The Morgan fingerprint density at radius 1 is 1.12 bits per heavy atom. The van der Waals surface area contributed by atoms with E-state index in [9.17, 15) is 18.8 Å². The lowest BCUT2D eigenvalue weighted by atomic mass is 9.75. The minimum Gasteiger partial charge on any atom is -0.340 e. The fraction of sp³-hybridized carbons (Fsp3) is 0.440. The molecule has 2 aliphatic heterocycles. The normalized spacial score (nSPS) is 21.8. The molecule has 174 valence electrons. The molecule has 7 nitrogen and oxygen atoms in total. The van der Waals surface area contributed by atoms with Crippen LogP contribution in [-0.2, 0) is 26.3 Å². The second kappa shape index (κ2) is 9.39. The SMILES string of the molecule is CC(C)N1CCN(C(=O)CC2(c3cccc(F)c3)CC(=O)N(Cc3cccnc3)C2=O)CC1. The number of rotatable bonds is 6. The van der Waals surface area contributed by atoms with Crippen LogP contribution >= 0.6 is 0 Å². The van der Waals surface area contributed by atoms with Gasteiger partial charge in [0.1, 0.15) is 5.82 Å². The van der Waals surface area contributed by atoms with Crippen molar-refractivity contribution in [2.24, 2.45) is 0 Å². The Balaban J connectivity index is 1.61. The Morgan fingerprint density at radius 3 is 2.52 bits per heavy atom. The van der Waals surface area contributed by atoms with Gasteiger partial charge in [-0.25, -0.2) is 4.39 Å². The Kier molecular flexibility index (Phi) is 6.56. The molecule has 0 radical (unpaired) electrons. The maximum atomic E-state index is 14.2. The molecule has 1 atom stereocenters. The molecule has 3 amide bonds. The van der Waals surface area contributed by atoms with Gasteiger partial charge in [-0.2, -0.15) is 0 Å². The number of pyridine rings is 1. The number of hydrogen-bond acceptors (Lipinski definition) is 5. The zero-order chi connectivity index (χ0) is 23.6. The third-order valence-corrected chi connectivity index (χ3v) is 6.70. The van der Waals surface area contributed by atoms with E-state index in [0.717, 1.165) is 13.1 Å². The number of likely N-dealkylation sites (tertiary alicyclic amines) is 1. The average Bonchev–Trinajstić information content (AvgIpc) is 3.04. The Labute approximate surface area is 193 Å². The Morgan fingerprint density at radius 2 is 1.88 bits per heavy atom. The molecule has 2 saturated heterocycles. The van der Waals surface area contributed by atoms with Crippen molar-refractivity contribution in [3.63, 3.8) is 0 Å². The lowest BCUT2D eigenvalue weighted by Crippen LogP contribution is -2.52. The molecular weight excluding hydrogens is 423 g/mol. The van der Waals surface area contributed by atoms with Gasteiger partial charge in [0, 0.05) is 57.5 Å². The van der Waals surface area contributed by atoms with Crippen molar-refractivity contribution >= 4 is 17.7 Å². The molecule has 33 heavy (non-hydrogen) atoms. The van der Waals surface area contributed by atoms with Crippen molar-refractivity contribution in [1.29, 1.82) is 0 Å². The van der Waals surface area contributed by atoms with Crippen LogP contribution in [0.15, 0.2) is 48.8 Å². The molecule has 0 saturated carbocycles. The van der Waals surface area contributed by atoms with Crippen molar-refractivity contribution in [2.45, 2.75) is 44.7 Å². The molecule has 3 heterocycles. The van der Waals surface area contributed by atoms with Gasteiger partial charge in [0.15, 0.2) is 0 Å². The van der Waals surface area contributed by atoms with E-state index in [1.807, 2.05) is 0 Å². The summed E-state index contributed by atoms with van der Waals surface area (Å²) in [7, 11) is 0. The van der Waals surface area contributed by atoms with Crippen LogP contribution in [0.25, 0.3) is 0 Å². The van der Waals surface area contributed by atoms with Crippen LogP contribution < -0.4 is 0 Å². The highest BCUT2D eigenvalue weighted by Crippen LogP contribution is 2.41. The maximum absolute atomic E-state index is 14.2. The number of piperazine rings is 1. The number of imide groups is 1. The van der Waals surface area contributed by atoms with Gasteiger partial charge < -0.3 is 4.90 Å². The highest BCUT2D eigenvalue weighted by molar-refractivity contribution is 6.10. The number of amides is 3. The van der Waals surface area contributed by atoms with E-state index >= 15 is 0 Å². The van der Waals surface area contributed by atoms with Crippen molar-refractivity contribution in [3.8, 4) is 0 Å². The van der Waals surface area contributed by atoms with E-state index in [0.29, 0.717) is 30.3 Å². The van der Waals surface area contributed by atoms with Crippen LogP contribution in [0.4, 0.5) is 4.39 Å². The lowest BCUT2D eigenvalue weighted by Gasteiger charge is -2.38. The summed E-state index contributed by atoms with van der Waals surface area (Å²) in [4.78, 5) is 49.3. The van der Waals surface area contributed by atoms with E-state index in [1.54, 1.807) is 35.5 Å². The van der Waals surface area contributed by atoms with Crippen molar-refractivity contribution in [2.75, 3.05) is 26.2 Å². The topological polar surface area (TPSA) is 73.8 Å². The summed E-state index contributed by atoms with van der Waals surface area (Å²) in [6.07, 6.45) is 2.90. The Hall–Kier alpha value is -3.13. The minimum atomic E-state index is -1.41. The van der Waals surface area contributed by atoms with Gasteiger partial charge in [0.25, 0.3) is 0 Å². The molecule has 2 fully saturated rings. The molecule has 8 heteroatoms. The number of carbonyl (C=O) groups excluding carboxylic acids is 3. The van der Waals surface area contributed by atoms with Gasteiger partial charge in [-0.15, -0.1) is 0 Å². The van der Waals surface area contributed by atoms with Gasteiger partial charge in [-0.1, -0.05) is 18.2 Å². The smallest absolute Gasteiger partial charge is 0.241 e. The summed E-state index contributed by atoms with van der Waals surface area (Å²) in [6.45, 7) is 6.97. The van der Waals surface area contributed by atoms with Crippen molar-refractivity contribution in [1.82, 2.24) is 19.7 Å². The van der Waals surface area contributed by atoms with Gasteiger partial charge in [0.2, 0.25) is 17.7 Å². The first-order chi connectivity index (χ1) is 15.8. The minimum absolute atomic E-state index is 0.0732. The molecule has 1 unspecified atom stereocenters. The number of aromatic nitrogens is 1. The summed E-state index contributed by atoms with van der Waals surface area (Å²) in [6, 6.07) is 9.62. The summed E-state index contributed by atoms with van der Waals surface area (Å²) >= 11 is 0. The van der Waals surface area contributed by atoms with Crippen LogP contribution in [0.2, 0.25) is 0 Å². The molecule has 4 rings (SSSR count). The van der Waals surface area contributed by atoms with Crippen molar-refractivity contribution < 1.29 is 18.8 Å². The van der Waals surface area contributed by atoms with Crippen LogP contribution in [0.1, 0.15) is 37.8 Å². The van der Waals surface area contributed by atoms with Crippen LogP contribution in [0.3, 0.4) is 0 Å². The number of benzene rings is 1. The fourth-order valence-electron chi connectivity index (χ4n) is 4.74. The lowest BCUT2D eigenvalue weighted by molar-refractivity contribution is -0.143. The molecule has 0 aliphatic carbocycles. The molecule has 1 aromatic heterocycles. The van der Waals surface area contributed by atoms with E-state index in [2.05, 4.69) is 23.7 Å². The van der Waals surface area contributed by atoms with E-state index < -0.39 is 17.1 Å². The molecule has 2 aromatic rings. The summed E-state index contributed by atoms with van der Waals surface area (Å²) in [5.41, 5.74) is -0.331. The first-order valence-corrected chi connectivity index (χ1v) is 11.3. The van der Waals surface area contributed by atoms with Gasteiger partial charge in [0.05, 0.1) is 12.0 Å². The van der Waals surface area contributed by atoms with Gasteiger partial charge in [-0.05, 0) is 43.2 Å². The third kappa shape index (κ3) is 4.66. The number of halogens is 1. The quantitative estimate of drug-likeness (QED) is 0.629. The van der Waals surface area contributed by atoms with Crippen LogP contribution in [-0.4, -0.2) is 69.6 Å². The molecule has 0 N–H and O–H groups in total. The van der Waals surface area contributed by atoms with E-state index in [4.69, 9.17) is 0 Å². The summed E-state index contributed by atoms with van der Waals surface area (Å²) in [5, 5.41) is 0. The average molecular weight is 453 g/mol. The zero-order valence-corrected chi connectivity index (χ0v) is 19.0. The van der Waals surface area contributed by atoms with E-state index in [-0.39, 0.29) is 31.2 Å². The highest BCUT2D eigenvalue weighted by atomic mass is 19.1. The zero-order valence-electron chi connectivity index (χ0n) is 19.0. The summed E-state index contributed by atoms with van der Waals surface area (Å²) in [5.74, 6) is -1.52. The molecule has 1 aromatic carbocycles. The number of nitrogens with zero attached hydrogens (tertiary/aromatic N) is 4. The Bertz CT molecular complexity index is 1040. The second-order valence-electron chi connectivity index (χ2n) is 9.10. The van der Waals surface area contributed by atoms with Gasteiger partial charge >= 0.3 is 0 Å². The third-order valence-electron chi connectivity index (χ3n) is 6.70. The molecule has 0 bridgehead atoms. The monoisotopic (exact) mass is 452 g/mol. The fourth-order valence-corrected chi connectivity index (χ4v) is 4.74. The first-order valence-electron chi connectivity index (χ1n) is 11.3. The molecule has 0 spiro atoms. The van der Waals surface area contributed by atoms with Crippen molar-refractivity contribution in [3.05, 3.63) is 65.7 Å². The largest absolute Gasteiger partial charge is 0.340 e. The molecule has 2 aliphatic rings. The predicted molar refractivity (Wildman–Crippen MR) is 120 cm³/mol. The molecular formula is C25H29FN4O3. The van der Waals surface area contributed by atoms with Gasteiger partial charge in [-0.3, -0.25) is 29.2 Å². The highest BCUT2D eigenvalue weighted by Gasteiger charge is 2.54. The standard InChI is InChI=1S/C25H29FN4O3/c1-18(2)28-9-11-29(12-10-28)22(31)14-25(20-6-3-7-21(26)13-20)15-23(32)30(24(25)33)17-19-5-4-8-27-16-19/h3-8,13,16,18H,9-12,14-15,17H2,1-2H3. The van der Waals surface area contributed by atoms with E-state index in [1.165, 1.54) is 23.1 Å². The number of hydrogen-bond donors (Lipinski definition) is 0.